The van der Waals surface area contributed by atoms with Gasteiger partial charge in [0, 0.05) is 23.9 Å². The van der Waals surface area contributed by atoms with Crippen molar-refractivity contribution in [2.45, 2.75) is 19.4 Å². The molecule has 0 fully saturated rings. The molecular formula is C22H19N3O2. The minimum Gasteiger partial charge on any atom is -0.478 e. The number of hydrogen-bond acceptors (Lipinski definition) is 4. The van der Waals surface area contributed by atoms with Crippen molar-refractivity contribution in [1.29, 1.82) is 0 Å². The van der Waals surface area contributed by atoms with E-state index in [1.54, 1.807) is 12.1 Å². The van der Waals surface area contributed by atoms with Crippen LogP contribution in [0.2, 0.25) is 0 Å². The molecule has 0 saturated carbocycles. The van der Waals surface area contributed by atoms with Crippen LogP contribution in [0.15, 0.2) is 78.0 Å². The minimum absolute atomic E-state index is 0.00606. The van der Waals surface area contributed by atoms with Crippen molar-refractivity contribution in [3.63, 3.8) is 0 Å². The van der Waals surface area contributed by atoms with E-state index in [1.165, 1.54) is 0 Å². The zero-order valence-corrected chi connectivity index (χ0v) is 14.9. The van der Waals surface area contributed by atoms with Crippen LogP contribution < -0.4 is 5.01 Å². The molecule has 1 aliphatic rings. The molecule has 0 amide bonds. The van der Waals surface area contributed by atoms with Crippen molar-refractivity contribution in [2.24, 2.45) is 5.10 Å². The number of rotatable bonds is 4. The number of carboxylic acid groups (broad SMARTS) is 1. The lowest BCUT2D eigenvalue weighted by atomic mass is 9.98. The Morgan fingerprint density at radius 1 is 1.04 bits per heavy atom. The lowest BCUT2D eigenvalue weighted by Crippen LogP contribution is -2.18. The van der Waals surface area contributed by atoms with Crippen molar-refractivity contribution in [3.05, 3.63) is 95.3 Å². The van der Waals surface area contributed by atoms with Crippen molar-refractivity contribution < 1.29 is 9.90 Å². The average molecular weight is 357 g/mol. The fourth-order valence-corrected chi connectivity index (χ4v) is 3.25. The van der Waals surface area contributed by atoms with Gasteiger partial charge in [-0.05, 0) is 48.9 Å². The van der Waals surface area contributed by atoms with Gasteiger partial charge in [0.25, 0.3) is 0 Å². The summed E-state index contributed by atoms with van der Waals surface area (Å²) in [5.74, 6) is -0.921. The number of carbonyl (C=O) groups is 1. The Kier molecular flexibility index (Phi) is 4.42. The number of para-hydroxylation sites is 1. The Balaban J connectivity index is 1.71. The molecule has 1 atom stereocenters. The van der Waals surface area contributed by atoms with E-state index in [0.717, 1.165) is 34.6 Å². The summed E-state index contributed by atoms with van der Waals surface area (Å²) in [6.07, 6.45) is 2.58. The van der Waals surface area contributed by atoms with Crippen molar-refractivity contribution in [1.82, 2.24) is 4.98 Å². The first-order valence-electron chi connectivity index (χ1n) is 8.80. The fourth-order valence-electron chi connectivity index (χ4n) is 3.25. The Labute approximate surface area is 157 Å². The highest BCUT2D eigenvalue weighted by atomic mass is 16.4. The minimum atomic E-state index is -0.921. The van der Waals surface area contributed by atoms with E-state index in [0.29, 0.717) is 0 Å². The fraction of sp³-hybridized carbons (Fsp3) is 0.136. The van der Waals surface area contributed by atoms with Crippen molar-refractivity contribution in [2.75, 3.05) is 5.01 Å². The quantitative estimate of drug-likeness (QED) is 0.749. The zero-order chi connectivity index (χ0) is 18.8. The Hall–Kier alpha value is -3.47. The second-order valence-electron chi connectivity index (χ2n) is 6.56. The third-order valence-corrected chi connectivity index (χ3v) is 4.72. The summed E-state index contributed by atoms with van der Waals surface area (Å²) in [4.78, 5) is 15.5. The molecule has 1 unspecified atom stereocenters. The van der Waals surface area contributed by atoms with E-state index in [2.05, 4.69) is 4.98 Å². The van der Waals surface area contributed by atoms with Crippen LogP contribution in [0, 0.1) is 6.92 Å². The van der Waals surface area contributed by atoms with Gasteiger partial charge in [0.15, 0.2) is 0 Å². The van der Waals surface area contributed by atoms with Crippen molar-refractivity contribution >= 4 is 17.4 Å². The van der Waals surface area contributed by atoms with Crippen LogP contribution in [-0.2, 0) is 0 Å². The molecule has 5 nitrogen and oxygen atoms in total. The first kappa shape index (κ1) is 17.0. The molecule has 3 aromatic rings. The van der Waals surface area contributed by atoms with Crippen LogP contribution in [0.3, 0.4) is 0 Å². The molecule has 1 aromatic heterocycles. The van der Waals surface area contributed by atoms with Gasteiger partial charge in [0.1, 0.15) is 0 Å². The first-order chi connectivity index (χ1) is 13.1. The number of pyridine rings is 1. The molecule has 1 N–H and O–H groups in total. The van der Waals surface area contributed by atoms with E-state index in [4.69, 9.17) is 10.2 Å². The lowest BCUT2D eigenvalue weighted by molar-refractivity contribution is 0.0697. The largest absolute Gasteiger partial charge is 0.478 e. The van der Waals surface area contributed by atoms with Crippen LogP contribution in [0.1, 0.15) is 39.6 Å². The summed E-state index contributed by atoms with van der Waals surface area (Å²) in [7, 11) is 0. The van der Waals surface area contributed by atoms with E-state index in [9.17, 15) is 4.79 Å². The third-order valence-electron chi connectivity index (χ3n) is 4.72. The molecule has 5 heteroatoms. The van der Waals surface area contributed by atoms with Gasteiger partial charge in [-0.1, -0.05) is 30.3 Å². The number of benzene rings is 2. The van der Waals surface area contributed by atoms with Gasteiger partial charge < -0.3 is 5.11 Å². The molecule has 0 radical (unpaired) electrons. The van der Waals surface area contributed by atoms with Gasteiger partial charge in [-0.25, -0.2) is 4.79 Å². The number of nitrogens with zero attached hydrogens (tertiary/aromatic N) is 3. The summed E-state index contributed by atoms with van der Waals surface area (Å²) in [6, 6.07) is 21.1. The van der Waals surface area contributed by atoms with Gasteiger partial charge in [0.05, 0.1) is 23.0 Å². The summed E-state index contributed by atoms with van der Waals surface area (Å²) in [6.45, 7) is 1.96. The van der Waals surface area contributed by atoms with Crippen LogP contribution in [-0.4, -0.2) is 21.8 Å². The molecule has 0 spiro atoms. The van der Waals surface area contributed by atoms with E-state index in [-0.39, 0.29) is 11.6 Å². The van der Waals surface area contributed by atoms with Crippen LogP contribution >= 0.6 is 0 Å². The monoisotopic (exact) mass is 357 g/mol. The summed E-state index contributed by atoms with van der Waals surface area (Å²) in [5.41, 5.74) is 5.26. The molecule has 0 aliphatic carbocycles. The number of carboxylic acids is 1. The highest BCUT2D eigenvalue weighted by Gasteiger charge is 2.30. The standard InChI is InChI=1S/C22H19N3O2/c1-15-7-8-18(14-23-15)20-13-21(16-9-11-17(12-10-16)22(26)27)25(24-20)19-5-3-2-4-6-19/h2-12,14,21H,13H2,1H3,(H,26,27). The molecule has 0 bridgehead atoms. The maximum absolute atomic E-state index is 11.1. The van der Waals surface area contributed by atoms with Crippen molar-refractivity contribution in [3.8, 4) is 0 Å². The topological polar surface area (TPSA) is 65.8 Å². The highest BCUT2D eigenvalue weighted by Crippen LogP contribution is 2.36. The maximum atomic E-state index is 11.1. The Morgan fingerprint density at radius 2 is 1.78 bits per heavy atom. The lowest BCUT2D eigenvalue weighted by Gasteiger charge is -2.24. The van der Waals surface area contributed by atoms with Gasteiger partial charge >= 0.3 is 5.97 Å². The van der Waals surface area contributed by atoms with E-state index >= 15 is 0 Å². The second kappa shape index (κ2) is 7.03. The van der Waals surface area contributed by atoms with Crippen LogP contribution in [0.5, 0.6) is 0 Å². The summed E-state index contributed by atoms with van der Waals surface area (Å²) >= 11 is 0. The van der Waals surface area contributed by atoms with Gasteiger partial charge in [-0.15, -0.1) is 0 Å². The molecular weight excluding hydrogens is 338 g/mol. The smallest absolute Gasteiger partial charge is 0.335 e. The van der Waals surface area contributed by atoms with E-state index < -0.39 is 5.97 Å². The molecule has 2 aromatic carbocycles. The van der Waals surface area contributed by atoms with Gasteiger partial charge in [0.2, 0.25) is 0 Å². The SMILES string of the molecule is Cc1ccc(C2=NN(c3ccccc3)C(c3ccc(C(=O)O)cc3)C2)cn1. The van der Waals surface area contributed by atoms with Gasteiger partial charge in [-0.3, -0.25) is 9.99 Å². The number of hydrogen-bond donors (Lipinski definition) is 1. The van der Waals surface area contributed by atoms with Crippen LogP contribution in [0.25, 0.3) is 0 Å². The Morgan fingerprint density at radius 3 is 2.41 bits per heavy atom. The van der Waals surface area contributed by atoms with Crippen LogP contribution in [0.4, 0.5) is 5.69 Å². The first-order valence-corrected chi connectivity index (χ1v) is 8.80. The van der Waals surface area contributed by atoms with Gasteiger partial charge in [-0.2, -0.15) is 5.10 Å². The average Bonchev–Trinajstić information content (AvgIpc) is 3.15. The zero-order valence-electron chi connectivity index (χ0n) is 14.9. The predicted molar refractivity (Wildman–Crippen MR) is 105 cm³/mol. The molecule has 27 heavy (non-hydrogen) atoms. The second-order valence-corrected chi connectivity index (χ2v) is 6.56. The molecule has 134 valence electrons. The maximum Gasteiger partial charge on any atom is 0.335 e. The number of aryl methyl sites for hydroxylation is 1. The number of anilines is 1. The third kappa shape index (κ3) is 3.44. The molecule has 4 rings (SSSR count). The number of aromatic carboxylic acids is 1. The molecule has 2 heterocycles. The predicted octanol–water partition coefficient (Wildman–Crippen LogP) is 4.44. The summed E-state index contributed by atoms with van der Waals surface area (Å²) < 4.78 is 0. The van der Waals surface area contributed by atoms with E-state index in [1.807, 2.05) is 72.7 Å². The summed E-state index contributed by atoms with van der Waals surface area (Å²) in [5, 5.41) is 16.0. The molecule has 1 aliphatic heterocycles. The number of hydrazone groups is 1. The Bertz CT molecular complexity index is 980. The molecule has 0 saturated heterocycles. The normalized spacial score (nSPS) is 16.3. The highest BCUT2D eigenvalue weighted by molar-refractivity contribution is 6.03. The number of aromatic nitrogens is 1.